The predicted octanol–water partition coefficient (Wildman–Crippen LogP) is 1.35. The number of carbonyl (C=O) groups is 2. The molecular formula is C16H20N4O4S. The quantitative estimate of drug-likeness (QED) is 0.563. The SMILES string of the molecule is Nc1onc(-c2ccsc2)c1C(=O)NC1CCN(CCOC=O)CC1. The Kier molecular flexibility index (Phi) is 5.67. The molecule has 1 aliphatic heterocycles. The molecule has 0 spiro atoms. The first kappa shape index (κ1) is 17.4. The molecule has 0 unspecified atom stereocenters. The summed E-state index contributed by atoms with van der Waals surface area (Å²) in [6.07, 6.45) is 1.65. The molecule has 3 rings (SSSR count). The molecule has 3 heterocycles. The summed E-state index contributed by atoms with van der Waals surface area (Å²) >= 11 is 1.52. The lowest BCUT2D eigenvalue weighted by Gasteiger charge is -2.31. The number of hydrogen-bond donors (Lipinski definition) is 2. The number of piperidine rings is 1. The van der Waals surface area contributed by atoms with Crippen molar-refractivity contribution in [1.82, 2.24) is 15.4 Å². The Morgan fingerprint density at radius 3 is 3.00 bits per heavy atom. The van der Waals surface area contributed by atoms with Crippen LogP contribution >= 0.6 is 11.3 Å². The molecule has 8 nitrogen and oxygen atoms in total. The highest BCUT2D eigenvalue weighted by molar-refractivity contribution is 7.08. The lowest BCUT2D eigenvalue weighted by Crippen LogP contribution is -2.45. The number of nitrogens with two attached hydrogens (primary N) is 1. The Hall–Kier alpha value is -2.39. The lowest BCUT2D eigenvalue weighted by atomic mass is 10.0. The van der Waals surface area contributed by atoms with Crippen LogP contribution in [0.25, 0.3) is 11.3 Å². The van der Waals surface area contributed by atoms with Gasteiger partial charge in [0.15, 0.2) is 0 Å². The number of ether oxygens (including phenoxy) is 1. The van der Waals surface area contributed by atoms with E-state index in [0.717, 1.165) is 31.5 Å². The molecule has 2 aromatic heterocycles. The van der Waals surface area contributed by atoms with E-state index in [2.05, 4.69) is 15.4 Å². The average molecular weight is 364 g/mol. The molecule has 2 aromatic rings. The number of nitrogen functional groups attached to an aromatic ring is 1. The second kappa shape index (κ2) is 8.13. The highest BCUT2D eigenvalue weighted by Gasteiger charge is 2.26. The molecule has 1 saturated heterocycles. The Labute approximate surface area is 148 Å². The van der Waals surface area contributed by atoms with E-state index < -0.39 is 0 Å². The number of aromatic nitrogens is 1. The fraction of sp³-hybridized carbons (Fsp3) is 0.438. The highest BCUT2D eigenvalue weighted by Crippen LogP contribution is 2.28. The molecule has 1 amide bonds. The van der Waals surface area contributed by atoms with Crippen LogP contribution in [0.2, 0.25) is 0 Å². The Balaban J connectivity index is 1.57. The van der Waals surface area contributed by atoms with E-state index in [0.29, 0.717) is 30.9 Å². The standard InChI is InChI=1S/C16H20N4O4S/c17-15-13(14(19-24-15)11-3-8-25-9-11)16(22)18-12-1-4-20(5-2-12)6-7-23-10-21/h3,8-10,12H,1-2,4-7,17H2,(H,18,22). The molecule has 1 fully saturated rings. The summed E-state index contributed by atoms with van der Waals surface area (Å²) in [4.78, 5) is 25.0. The minimum Gasteiger partial charge on any atom is -0.467 e. The van der Waals surface area contributed by atoms with Gasteiger partial charge < -0.3 is 20.3 Å². The van der Waals surface area contributed by atoms with Crippen LogP contribution in [0.15, 0.2) is 21.3 Å². The molecule has 0 bridgehead atoms. The summed E-state index contributed by atoms with van der Waals surface area (Å²) in [6, 6.07) is 1.94. The largest absolute Gasteiger partial charge is 0.467 e. The van der Waals surface area contributed by atoms with Crippen LogP contribution in [0.1, 0.15) is 23.2 Å². The van der Waals surface area contributed by atoms with Crippen molar-refractivity contribution in [3.63, 3.8) is 0 Å². The van der Waals surface area contributed by atoms with Crippen LogP contribution in [-0.2, 0) is 9.53 Å². The number of likely N-dealkylation sites (tertiary alicyclic amines) is 1. The third-order valence-corrected chi connectivity index (χ3v) is 4.94. The van der Waals surface area contributed by atoms with E-state index in [-0.39, 0.29) is 17.8 Å². The number of nitrogens with zero attached hydrogens (tertiary/aromatic N) is 2. The normalized spacial score (nSPS) is 15.8. The zero-order valence-electron chi connectivity index (χ0n) is 13.6. The summed E-state index contributed by atoms with van der Waals surface area (Å²) in [6.45, 7) is 3.23. The molecule has 9 heteroatoms. The topological polar surface area (TPSA) is 111 Å². The van der Waals surface area contributed by atoms with Crippen molar-refractivity contribution in [3.8, 4) is 11.3 Å². The third-order valence-electron chi connectivity index (χ3n) is 4.26. The van der Waals surface area contributed by atoms with Crippen LogP contribution < -0.4 is 11.1 Å². The fourth-order valence-electron chi connectivity index (χ4n) is 2.91. The monoisotopic (exact) mass is 364 g/mol. The molecule has 25 heavy (non-hydrogen) atoms. The smallest absolute Gasteiger partial charge is 0.293 e. The van der Waals surface area contributed by atoms with Crippen molar-refractivity contribution in [2.75, 3.05) is 32.0 Å². The van der Waals surface area contributed by atoms with Crippen molar-refractivity contribution in [2.24, 2.45) is 0 Å². The second-order valence-corrected chi connectivity index (χ2v) is 6.62. The van der Waals surface area contributed by atoms with Gasteiger partial charge in [0.2, 0.25) is 5.88 Å². The van der Waals surface area contributed by atoms with Crippen LogP contribution in [-0.4, -0.2) is 54.7 Å². The minimum atomic E-state index is -0.261. The molecule has 0 saturated carbocycles. The summed E-state index contributed by atoms with van der Waals surface area (Å²) in [5, 5.41) is 10.7. The van der Waals surface area contributed by atoms with Crippen LogP contribution in [0.4, 0.5) is 5.88 Å². The maximum atomic E-state index is 12.6. The Morgan fingerprint density at radius 1 is 1.52 bits per heavy atom. The van der Waals surface area contributed by atoms with Crippen molar-refractivity contribution in [3.05, 3.63) is 22.4 Å². The van der Waals surface area contributed by atoms with Crippen molar-refractivity contribution >= 4 is 29.6 Å². The number of hydrogen-bond acceptors (Lipinski definition) is 8. The van der Waals surface area contributed by atoms with Crippen molar-refractivity contribution in [1.29, 1.82) is 0 Å². The van der Waals surface area contributed by atoms with E-state index in [1.807, 2.05) is 16.8 Å². The predicted molar refractivity (Wildman–Crippen MR) is 93.2 cm³/mol. The zero-order chi connectivity index (χ0) is 17.6. The van der Waals surface area contributed by atoms with E-state index in [9.17, 15) is 9.59 Å². The van der Waals surface area contributed by atoms with Gasteiger partial charge in [-0.25, -0.2) is 0 Å². The molecular weight excluding hydrogens is 344 g/mol. The van der Waals surface area contributed by atoms with E-state index >= 15 is 0 Å². The van der Waals surface area contributed by atoms with Crippen LogP contribution in [0.3, 0.4) is 0 Å². The molecule has 0 aliphatic carbocycles. The first-order valence-corrected chi connectivity index (χ1v) is 8.99. The lowest BCUT2D eigenvalue weighted by molar-refractivity contribution is -0.129. The van der Waals surface area contributed by atoms with Crippen LogP contribution in [0, 0.1) is 0 Å². The number of anilines is 1. The number of rotatable bonds is 7. The van der Waals surface area contributed by atoms with E-state index in [4.69, 9.17) is 15.0 Å². The summed E-state index contributed by atoms with van der Waals surface area (Å²) in [7, 11) is 0. The maximum Gasteiger partial charge on any atom is 0.293 e. The van der Waals surface area contributed by atoms with Crippen molar-refractivity contribution < 1.29 is 18.8 Å². The molecule has 0 aromatic carbocycles. The number of nitrogens with one attached hydrogen (secondary N) is 1. The van der Waals surface area contributed by atoms with Gasteiger partial charge >= 0.3 is 0 Å². The van der Waals surface area contributed by atoms with Crippen LogP contribution in [0.5, 0.6) is 0 Å². The number of carbonyl (C=O) groups excluding carboxylic acids is 2. The highest BCUT2D eigenvalue weighted by atomic mass is 32.1. The van der Waals surface area contributed by atoms with Gasteiger partial charge in [0.05, 0.1) is 0 Å². The Morgan fingerprint density at radius 2 is 2.32 bits per heavy atom. The van der Waals surface area contributed by atoms with E-state index in [1.165, 1.54) is 11.3 Å². The third kappa shape index (κ3) is 4.18. The summed E-state index contributed by atoms with van der Waals surface area (Å²) < 4.78 is 9.74. The molecule has 134 valence electrons. The second-order valence-electron chi connectivity index (χ2n) is 5.84. The summed E-state index contributed by atoms with van der Waals surface area (Å²) in [5.41, 5.74) is 7.39. The summed E-state index contributed by atoms with van der Waals surface area (Å²) in [5.74, 6) is -0.232. The van der Waals surface area contributed by atoms with Crippen molar-refractivity contribution in [2.45, 2.75) is 18.9 Å². The average Bonchev–Trinajstić information content (AvgIpc) is 3.26. The van der Waals surface area contributed by atoms with Gasteiger partial charge in [-0.2, -0.15) is 11.3 Å². The number of amides is 1. The van der Waals surface area contributed by atoms with E-state index in [1.54, 1.807) is 0 Å². The minimum absolute atomic E-state index is 0.0298. The van der Waals surface area contributed by atoms with Gasteiger partial charge in [0.1, 0.15) is 17.9 Å². The first-order valence-electron chi connectivity index (χ1n) is 8.05. The number of thiophene rings is 1. The van der Waals surface area contributed by atoms with Gasteiger partial charge in [-0.3, -0.25) is 14.5 Å². The molecule has 3 N–H and O–H groups in total. The Bertz CT molecular complexity index is 708. The molecule has 0 atom stereocenters. The van der Waals surface area contributed by atoms with Gasteiger partial charge in [-0.05, 0) is 24.3 Å². The fourth-order valence-corrected chi connectivity index (χ4v) is 3.55. The molecule has 0 radical (unpaired) electrons. The van der Waals surface area contributed by atoms with Gasteiger partial charge in [0.25, 0.3) is 12.4 Å². The van der Waals surface area contributed by atoms with Gasteiger partial charge in [-0.15, -0.1) is 0 Å². The van der Waals surface area contributed by atoms with Gasteiger partial charge in [-0.1, -0.05) is 5.16 Å². The zero-order valence-corrected chi connectivity index (χ0v) is 14.5. The molecule has 1 aliphatic rings. The van der Waals surface area contributed by atoms with Gasteiger partial charge in [0, 0.05) is 36.6 Å². The maximum absolute atomic E-state index is 12.6. The first-order chi connectivity index (χ1) is 12.2.